The molecular formula is C8H17F3O2Si. The fourth-order valence-electron chi connectivity index (χ4n) is 0.958. The van der Waals surface area contributed by atoms with Gasteiger partial charge in [0.25, 0.3) is 0 Å². The summed E-state index contributed by atoms with van der Waals surface area (Å²) in [7, 11) is -0.687. The Morgan fingerprint density at radius 2 is 1.79 bits per heavy atom. The lowest BCUT2D eigenvalue weighted by atomic mass is 10.2. The van der Waals surface area contributed by atoms with Crippen molar-refractivity contribution in [3.05, 3.63) is 0 Å². The summed E-state index contributed by atoms with van der Waals surface area (Å²) in [6, 6.07) is 0. The highest BCUT2D eigenvalue weighted by molar-refractivity contribution is 6.64. The molecule has 1 unspecified atom stereocenters. The third-order valence-electron chi connectivity index (χ3n) is 1.81. The highest BCUT2D eigenvalue weighted by atomic mass is 28.4. The van der Waals surface area contributed by atoms with E-state index in [1.165, 1.54) is 7.11 Å². The van der Waals surface area contributed by atoms with Gasteiger partial charge in [0.2, 0.25) is 0 Å². The lowest BCUT2D eigenvalue weighted by Crippen LogP contribution is -2.37. The van der Waals surface area contributed by atoms with E-state index in [4.69, 9.17) is 8.85 Å². The van der Waals surface area contributed by atoms with Crippen LogP contribution in [0.1, 0.15) is 19.8 Å². The van der Waals surface area contributed by atoms with Gasteiger partial charge in [0.15, 0.2) is 0 Å². The SMILES string of the molecule is CO[Si](C)(C)OC(C)CCC(F)(F)F. The zero-order valence-corrected chi connectivity index (χ0v) is 9.94. The van der Waals surface area contributed by atoms with E-state index < -0.39 is 27.3 Å². The summed E-state index contributed by atoms with van der Waals surface area (Å²) in [5.41, 5.74) is 0. The van der Waals surface area contributed by atoms with E-state index in [-0.39, 0.29) is 6.42 Å². The Labute approximate surface area is 83.6 Å². The van der Waals surface area contributed by atoms with Crippen molar-refractivity contribution < 1.29 is 22.0 Å². The van der Waals surface area contributed by atoms with Crippen LogP contribution in [0.2, 0.25) is 13.1 Å². The number of rotatable bonds is 5. The molecule has 6 heteroatoms. The molecule has 0 saturated carbocycles. The van der Waals surface area contributed by atoms with Gasteiger partial charge >= 0.3 is 14.7 Å². The first-order valence-electron chi connectivity index (χ1n) is 4.46. The number of alkyl halides is 3. The van der Waals surface area contributed by atoms with E-state index in [2.05, 4.69) is 0 Å². The molecule has 0 rings (SSSR count). The van der Waals surface area contributed by atoms with Crippen molar-refractivity contribution in [1.29, 1.82) is 0 Å². The van der Waals surface area contributed by atoms with Crippen molar-refractivity contribution in [2.75, 3.05) is 7.11 Å². The highest BCUT2D eigenvalue weighted by Gasteiger charge is 2.30. The Hall–Kier alpha value is -0.0731. The van der Waals surface area contributed by atoms with Crippen LogP contribution in [0.5, 0.6) is 0 Å². The van der Waals surface area contributed by atoms with Crippen LogP contribution in [0.3, 0.4) is 0 Å². The van der Waals surface area contributed by atoms with E-state index in [1.54, 1.807) is 20.0 Å². The van der Waals surface area contributed by atoms with E-state index in [9.17, 15) is 13.2 Å². The average Bonchev–Trinajstić information content (AvgIpc) is 1.99. The number of hydrogen-bond acceptors (Lipinski definition) is 2. The zero-order valence-electron chi connectivity index (χ0n) is 8.94. The van der Waals surface area contributed by atoms with E-state index in [0.29, 0.717) is 0 Å². The summed E-state index contributed by atoms with van der Waals surface area (Å²) in [6.07, 6.45) is -5.32. The normalized spacial score (nSPS) is 15.6. The largest absolute Gasteiger partial charge is 0.398 e. The van der Waals surface area contributed by atoms with Crippen LogP contribution in [0, 0.1) is 0 Å². The van der Waals surface area contributed by atoms with Gasteiger partial charge in [-0.25, -0.2) is 0 Å². The van der Waals surface area contributed by atoms with Crippen LogP contribution in [-0.2, 0) is 8.85 Å². The molecule has 0 spiro atoms. The first-order chi connectivity index (χ1) is 6.16. The fourth-order valence-corrected chi connectivity index (χ4v) is 2.14. The number of halogens is 3. The molecule has 86 valence electrons. The molecular weight excluding hydrogens is 213 g/mol. The molecule has 0 aromatic heterocycles. The minimum absolute atomic E-state index is 0.0106. The van der Waals surface area contributed by atoms with Gasteiger partial charge in [-0.15, -0.1) is 0 Å². The van der Waals surface area contributed by atoms with Crippen molar-refractivity contribution in [2.45, 2.75) is 45.1 Å². The van der Waals surface area contributed by atoms with Crippen molar-refractivity contribution in [3.63, 3.8) is 0 Å². The smallest absolute Gasteiger partial charge is 0.389 e. The third-order valence-corrected chi connectivity index (χ3v) is 3.76. The standard InChI is InChI=1S/C8H17F3O2Si/c1-7(5-6-8(9,10)11)13-14(3,4)12-2/h7H,5-6H2,1-4H3. The summed E-state index contributed by atoms with van der Waals surface area (Å²) in [4.78, 5) is 0. The van der Waals surface area contributed by atoms with Crippen LogP contribution in [0.25, 0.3) is 0 Å². The predicted molar refractivity (Wildman–Crippen MR) is 50.3 cm³/mol. The Morgan fingerprint density at radius 1 is 1.29 bits per heavy atom. The van der Waals surface area contributed by atoms with E-state index in [1.807, 2.05) is 0 Å². The molecule has 0 heterocycles. The molecule has 0 amide bonds. The number of hydrogen-bond donors (Lipinski definition) is 0. The molecule has 0 bridgehead atoms. The molecule has 0 N–H and O–H groups in total. The summed E-state index contributed by atoms with van der Waals surface area (Å²) in [5.74, 6) is 0. The second kappa shape index (κ2) is 5.13. The van der Waals surface area contributed by atoms with E-state index in [0.717, 1.165) is 0 Å². The Bertz CT molecular complexity index is 170. The highest BCUT2D eigenvalue weighted by Crippen LogP contribution is 2.23. The Morgan fingerprint density at radius 3 is 2.14 bits per heavy atom. The fraction of sp³-hybridized carbons (Fsp3) is 1.00. The topological polar surface area (TPSA) is 18.5 Å². The lowest BCUT2D eigenvalue weighted by Gasteiger charge is -2.25. The van der Waals surface area contributed by atoms with Gasteiger partial charge in [0, 0.05) is 19.6 Å². The summed E-state index contributed by atoms with van der Waals surface area (Å²) < 4.78 is 46.0. The third kappa shape index (κ3) is 7.34. The molecule has 1 atom stereocenters. The van der Waals surface area contributed by atoms with Gasteiger partial charge in [-0.1, -0.05) is 0 Å². The van der Waals surface area contributed by atoms with Gasteiger partial charge in [0.1, 0.15) is 0 Å². The molecule has 2 nitrogen and oxygen atoms in total. The van der Waals surface area contributed by atoms with E-state index >= 15 is 0 Å². The predicted octanol–water partition coefficient (Wildman–Crippen LogP) is 3.08. The lowest BCUT2D eigenvalue weighted by molar-refractivity contribution is -0.139. The van der Waals surface area contributed by atoms with Crippen molar-refractivity contribution >= 4 is 8.56 Å². The summed E-state index contributed by atoms with van der Waals surface area (Å²) in [5, 5.41) is 0. The van der Waals surface area contributed by atoms with Crippen LogP contribution in [0.15, 0.2) is 0 Å². The van der Waals surface area contributed by atoms with Gasteiger partial charge in [-0.05, 0) is 26.4 Å². The van der Waals surface area contributed by atoms with Gasteiger partial charge in [0.05, 0.1) is 0 Å². The van der Waals surface area contributed by atoms with Crippen molar-refractivity contribution in [2.24, 2.45) is 0 Å². The Kier molecular flexibility index (Phi) is 5.11. The molecule has 0 aromatic carbocycles. The Balaban J connectivity index is 3.82. The minimum atomic E-state index is -4.10. The van der Waals surface area contributed by atoms with Gasteiger partial charge < -0.3 is 8.85 Å². The first kappa shape index (κ1) is 13.9. The second-order valence-corrected chi connectivity index (χ2v) is 7.13. The van der Waals surface area contributed by atoms with Crippen molar-refractivity contribution in [3.8, 4) is 0 Å². The van der Waals surface area contributed by atoms with Crippen LogP contribution < -0.4 is 0 Å². The molecule has 14 heavy (non-hydrogen) atoms. The maximum Gasteiger partial charge on any atom is 0.389 e. The summed E-state index contributed by atoms with van der Waals surface area (Å²) >= 11 is 0. The van der Waals surface area contributed by atoms with Crippen molar-refractivity contribution in [1.82, 2.24) is 0 Å². The van der Waals surface area contributed by atoms with Gasteiger partial charge in [-0.3, -0.25) is 0 Å². The minimum Gasteiger partial charge on any atom is -0.398 e. The molecule has 0 radical (unpaired) electrons. The summed E-state index contributed by atoms with van der Waals surface area (Å²) in [6.45, 7) is 5.24. The molecule has 0 aliphatic carbocycles. The van der Waals surface area contributed by atoms with Crippen LogP contribution in [-0.4, -0.2) is 28.0 Å². The van der Waals surface area contributed by atoms with Crippen LogP contribution >= 0.6 is 0 Å². The second-order valence-electron chi connectivity index (χ2n) is 3.69. The monoisotopic (exact) mass is 230 g/mol. The molecule has 0 saturated heterocycles. The molecule has 0 aromatic rings. The molecule has 0 aliphatic heterocycles. The quantitative estimate of drug-likeness (QED) is 0.676. The molecule has 0 aliphatic rings. The van der Waals surface area contributed by atoms with Gasteiger partial charge in [-0.2, -0.15) is 13.2 Å². The zero-order chi connectivity index (χ0) is 11.4. The molecule has 0 fully saturated rings. The van der Waals surface area contributed by atoms with Crippen LogP contribution in [0.4, 0.5) is 13.2 Å². The maximum atomic E-state index is 11.9. The average molecular weight is 230 g/mol. The maximum absolute atomic E-state index is 11.9. The first-order valence-corrected chi connectivity index (χ1v) is 7.27.